The molecule has 7 heteroatoms. The molecule has 1 aliphatic rings. The Morgan fingerprint density at radius 2 is 1.50 bits per heavy atom. The fourth-order valence-corrected chi connectivity index (χ4v) is 4.42. The molecule has 0 radical (unpaired) electrons. The van der Waals surface area contributed by atoms with Gasteiger partial charge in [0.15, 0.2) is 5.82 Å². The third kappa shape index (κ3) is 3.88. The highest BCUT2D eigenvalue weighted by Gasteiger charge is 2.29. The highest BCUT2D eigenvalue weighted by Crippen LogP contribution is 2.25. The lowest BCUT2D eigenvalue weighted by atomic mass is 9.87. The van der Waals surface area contributed by atoms with E-state index in [4.69, 9.17) is 0 Å². The molecule has 0 amide bonds. The lowest BCUT2D eigenvalue weighted by Gasteiger charge is -2.34. The molecule has 2 aromatic rings. The van der Waals surface area contributed by atoms with Gasteiger partial charge in [-0.05, 0) is 42.2 Å². The molecule has 1 aliphatic heterocycles. The summed E-state index contributed by atoms with van der Waals surface area (Å²) in [5.41, 5.74) is 2.00. The molecule has 1 aromatic carbocycles. The van der Waals surface area contributed by atoms with E-state index in [-0.39, 0.29) is 5.41 Å². The van der Waals surface area contributed by atoms with Crippen LogP contribution in [-0.4, -0.2) is 49.1 Å². The molecule has 0 unspecified atom stereocenters. The summed E-state index contributed by atoms with van der Waals surface area (Å²) in [6, 6.07) is 11.1. The largest absolute Gasteiger partial charge is 0.352 e. The van der Waals surface area contributed by atoms with Crippen LogP contribution in [0.5, 0.6) is 0 Å². The van der Waals surface area contributed by atoms with E-state index >= 15 is 0 Å². The van der Waals surface area contributed by atoms with Crippen molar-refractivity contribution in [3.8, 4) is 0 Å². The molecule has 0 bridgehead atoms. The van der Waals surface area contributed by atoms with Crippen molar-refractivity contribution in [2.24, 2.45) is 0 Å². The van der Waals surface area contributed by atoms with Gasteiger partial charge in [-0.25, -0.2) is 8.42 Å². The first-order valence-corrected chi connectivity index (χ1v) is 10.3. The van der Waals surface area contributed by atoms with E-state index in [2.05, 4.69) is 35.9 Å². The number of nitrogens with zero attached hydrogens (tertiary/aromatic N) is 4. The molecule has 1 saturated heterocycles. The van der Waals surface area contributed by atoms with Gasteiger partial charge in [0.1, 0.15) is 0 Å². The van der Waals surface area contributed by atoms with E-state index in [9.17, 15) is 8.42 Å². The molecule has 0 N–H and O–H groups in total. The first-order valence-electron chi connectivity index (χ1n) is 8.84. The molecule has 0 spiro atoms. The number of sulfonamides is 1. The minimum absolute atomic E-state index is 0.00297. The summed E-state index contributed by atoms with van der Waals surface area (Å²) in [7, 11) is -3.47. The average molecular weight is 375 g/mol. The number of rotatable bonds is 3. The molecule has 26 heavy (non-hydrogen) atoms. The molecule has 6 nitrogen and oxygen atoms in total. The summed E-state index contributed by atoms with van der Waals surface area (Å²) in [5, 5.41) is 8.26. The fraction of sp³-hybridized carbons (Fsp3) is 0.474. The highest BCUT2D eigenvalue weighted by molar-refractivity contribution is 7.89. The molecule has 1 fully saturated rings. The van der Waals surface area contributed by atoms with Crippen LogP contribution in [0.25, 0.3) is 0 Å². The summed E-state index contributed by atoms with van der Waals surface area (Å²) in [4.78, 5) is 2.43. The second-order valence-corrected chi connectivity index (χ2v) is 9.64. The summed E-state index contributed by atoms with van der Waals surface area (Å²) in [5.74, 6) is 0.794. The molecule has 0 saturated carbocycles. The predicted octanol–water partition coefficient (Wildman–Crippen LogP) is 2.59. The predicted molar refractivity (Wildman–Crippen MR) is 103 cm³/mol. The zero-order valence-corrected chi connectivity index (χ0v) is 16.6. The van der Waals surface area contributed by atoms with Crippen LogP contribution in [-0.2, 0) is 15.4 Å². The van der Waals surface area contributed by atoms with Crippen LogP contribution < -0.4 is 4.90 Å². The van der Waals surface area contributed by atoms with Crippen LogP contribution in [0.2, 0.25) is 0 Å². The maximum atomic E-state index is 12.9. The van der Waals surface area contributed by atoms with Gasteiger partial charge in [0.25, 0.3) is 0 Å². The Hall–Kier alpha value is -1.99. The number of aryl methyl sites for hydroxylation is 1. The monoisotopic (exact) mass is 374 g/mol. The Labute approximate surface area is 155 Å². The number of piperazine rings is 1. The van der Waals surface area contributed by atoms with Crippen molar-refractivity contribution < 1.29 is 8.42 Å². The van der Waals surface area contributed by atoms with E-state index in [1.807, 2.05) is 31.2 Å². The number of aromatic nitrogens is 2. The van der Waals surface area contributed by atoms with Gasteiger partial charge >= 0.3 is 0 Å². The summed E-state index contributed by atoms with van der Waals surface area (Å²) < 4.78 is 27.4. The Morgan fingerprint density at radius 3 is 2.00 bits per heavy atom. The van der Waals surface area contributed by atoms with Gasteiger partial charge in [0.05, 0.1) is 10.6 Å². The minimum atomic E-state index is -3.47. The van der Waals surface area contributed by atoms with Gasteiger partial charge in [-0.2, -0.15) is 9.40 Å². The third-order valence-electron chi connectivity index (χ3n) is 4.70. The van der Waals surface area contributed by atoms with Crippen molar-refractivity contribution in [3.05, 3.63) is 47.7 Å². The SMILES string of the molecule is Cc1ccc(N2CCN(S(=O)(=O)c3ccc(C(C)(C)C)cc3)CC2)nn1. The second-order valence-electron chi connectivity index (χ2n) is 7.70. The summed E-state index contributed by atoms with van der Waals surface area (Å²) >= 11 is 0. The number of hydrogen-bond donors (Lipinski definition) is 0. The van der Waals surface area contributed by atoms with Crippen molar-refractivity contribution in [1.82, 2.24) is 14.5 Å². The molecule has 3 rings (SSSR count). The smallest absolute Gasteiger partial charge is 0.243 e. The maximum Gasteiger partial charge on any atom is 0.243 e. The van der Waals surface area contributed by atoms with Crippen molar-refractivity contribution in [3.63, 3.8) is 0 Å². The molecular weight excluding hydrogens is 348 g/mol. The number of hydrogen-bond acceptors (Lipinski definition) is 5. The number of benzene rings is 1. The average Bonchev–Trinajstić information content (AvgIpc) is 2.62. The van der Waals surface area contributed by atoms with Crippen molar-refractivity contribution in [2.75, 3.05) is 31.1 Å². The zero-order chi connectivity index (χ0) is 18.9. The van der Waals surface area contributed by atoms with Crippen LogP contribution in [0, 0.1) is 6.92 Å². The van der Waals surface area contributed by atoms with E-state index in [1.165, 1.54) is 0 Å². The van der Waals surface area contributed by atoms with Crippen LogP contribution in [0.4, 0.5) is 5.82 Å². The third-order valence-corrected chi connectivity index (χ3v) is 6.62. The van der Waals surface area contributed by atoms with Crippen molar-refractivity contribution in [1.29, 1.82) is 0 Å². The molecule has 0 atom stereocenters. The fourth-order valence-electron chi connectivity index (χ4n) is 2.99. The van der Waals surface area contributed by atoms with E-state index in [0.717, 1.165) is 17.1 Å². The normalized spacial score (nSPS) is 16.7. The quantitative estimate of drug-likeness (QED) is 0.826. The Kier molecular flexibility index (Phi) is 5.03. The topological polar surface area (TPSA) is 66.4 Å². The summed E-state index contributed by atoms with van der Waals surface area (Å²) in [6.45, 7) is 10.3. The standard InChI is InChI=1S/C19H26N4O2S/c1-15-5-10-18(21-20-15)22-11-13-23(14-12-22)26(24,25)17-8-6-16(7-9-17)19(2,3)4/h5-10H,11-14H2,1-4H3. The number of anilines is 1. The Bertz CT molecular complexity index is 848. The van der Waals surface area contributed by atoms with E-state index < -0.39 is 10.0 Å². The molecule has 0 aliphatic carbocycles. The maximum absolute atomic E-state index is 12.9. The van der Waals surface area contributed by atoms with Gasteiger partial charge < -0.3 is 4.90 Å². The molecule has 140 valence electrons. The van der Waals surface area contributed by atoms with E-state index in [1.54, 1.807) is 16.4 Å². The van der Waals surface area contributed by atoms with Crippen LogP contribution in [0.1, 0.15) is 32.0 Å². The van der Waals surface area contributed by atoms with Crippen molar-refractivity contribution >= 4 is 15.8 Å². The highest BCUT2D eigenvalue weighted by atomic mass is 32.2. The van der Waals surface area contributed by atoms with Crippen molar-refractivity contribution in [2.45, 2.75) is 38.0 Å². The minimum Gasteiger partial charge on any atom is -0.352 e. The van der Waals surface area contributed by atoms with Crippen LogP contribution in [0.3, 0.4) is 0 Å². The first-order chi connectivity index (χ1) is 12.2. The second kappa shape index (κ2) is 6.96. The van der Waals surface area contributed by atoms with Gasteiger partial charge in [0.2, 0.25) is 10.0 Å². The lowest BCUT2D eigenvalue weighted by molar-refractivity contribution is 0.383. The molecule has 1 aromatic heterocycles. The Morgan fingerprint density at radius 1 is 0.885 bits per heavy atom. The first kappa shape index (κ1) is 18.8. The zero-order valence-electron chi connectivity index (χ0n) is 15.8. The van der Waals surface area contributed by atoms with Crippen LogP contribution >= 0.6 is 0 Å². The molecule has 2 heterocycles. The lowest BCUT2D eigenvalue weighted by Crippen LogP contribution is -2.49. The molecular formula is C19H26N4O2S. The van der Waals surface area contributed by atoms with Gasteiger partial charge in [-0.15, -0.1) is 5.10 Å². The van der Waals surface area contributed by atoms with E-state index in [0.29, 0.717) is 31.1 Å². The summed E-state index contributed by atoms with van der Waals surface area (Å²) in [6.07, 6.45) is 0. The Balaban J connectivity index is 1.70. The van der Waals surface area contributed by atoms with Gasteiger partial charge in [-0.3, -0.25) is 0 Å². The van der Waals surface area contributed by atoms with Gasteiger partial charge in [0, 0.05) is 26.2 Å². The van der Waals surface area contributed by atoms with Crippen LogP contribution in [0.15, 0.2) is 41.3 Å². The van der Waals surface area contributed by atoms with Gasteiger partial charge in [-0.1, -0.05) is 32.9 Å².